The minimum absolute atomic E-state index is 0. The first-order chi connectivity index (χ1) is 9.99. The van der Waals surface area contributed by atoms with Gasteiger partial charge in [0.05, 0.1) is 0 Å². The van der Waals surface area contributed by atoms with E-state index >= 15 is 0 Å². The fourth-order valence-electron chi connectivity index (χ4n) is 2.52. The molecule has 0 fully saturated rings. The summed E-state index contributed by atoms with van der Waals surface area (Å²) in [5.41, 5.74) is 5.52. The van der Waals surface area contributed by atoms with E-state index in [1.54, 1.807) is 21.6 Å². The number of benzene rings is 1. The fraction of sp³-hybridized carbons (Fsp3) is 0.286. The molecule has 0 heterocycles. The van der Waals surface area contributed by atoms with Crippen LogP contribution in [-0.4, -0.2) is 12.1 Å². The number of allylic oxidation sites excluding steroid dienone is 4. The van der Waals surface area contributed by atoms with Crippen molar-refractivity contribution < 1.29 is 21.6 Å². The molecule has 1 aliphatic rings. The molecule has 1 aliphatic carbocycles. The number of rotatable bonds is 0. The second kappa shape index (κ2) is 16.5. The first kappa shape index (κ1) is 32.9. The monoisotopic (exact) mass is 516 g/mol. The molecule has 4 heteroatoms. The molecule has 0 saturated heterocycles. The van der Waals surface area contributed by atoms with E-state index in [0.29, 0.717) is 5.92 Å². The van der Waals surface area contributed by atoms with E-state index < -0.39 is 0 Å². The van der Waals surface area contributed by atoms with E-state index in [1.807, 2.05) is 0 Å². The molecule has 0 bridgehead atoms. The Labute approximate surface area is 188 Å². The Hall–Kier alpha value is 0.316. The second-order valence-corrected chi connectivity index (χ2v) is 5.45. The summed E-state index contributed by atoms with van der Waals surface area (Å²) in [6, 6.07) is 10.8. The van der Waals surface area contributed by atoms with Gasteiger partial charge in [-0.2, -0.15) is 11.6 Å². The number of fused-ring (bicyclic) bond motifs is 1. The van der Waals surface area contributed by atoms with Crippen molar-refractivity contribution in [2.75, 3.05) is 0 Å². The number of hydrogen-bond donors (Lipinski definition) is 0. The summed E-state index contributed by atoms with van der Waals surface area (Å²) in [5.74, 6) is 0.551. The third-order valence-electron chi connectivity index (χ3n) is 3.86. The van der Waals surface area contributed by atoms with Gasteiger partial charge in [0.1, 0.15) is 0 Å². The van der Waals surface area contributed by atoms with E-state index in [1.165, 1.54) is 33.0 Å². The van der Waals surface area contributed by atoms with Crippen LogP contribution in [0.2, 0.25) is 0 Å². The van der Waals surface area contributed by atoms with Crippen LogP contribution in [0.3, 0.4) is 0 Å². The molecule has 0 spiro atoms. The number of hydrogen-bond acceptors (Lipinski definition) is 0. The van der Waals surface area contributed by atoms with Crippen LogP contribution in [0.15, 0.2) is 47.6 Å². The van der Waals surface area contributed by atoms with Gasteiger partial charge >= 0.3 is 33.7 Å². The third kappa shape index (κ3) is 9.71. The van der Waals surface area contributed by atoms with Crippen LogP contribution < -0.4 is 0 Å². The van der Waals surface area contributed by atoms with E-state index in [9.17, 15) is 0 Å². The van der Waals surface area contributed by atoms with Crippen molar-refractivity contribution in [3.8, 4) is 0 Å². The molecule has 0 saturated carbocycles. The first-order valence-corrected chi connectivity index (χ1v) is 14.6. The SMILES string of the molecule is CC1=[C-]C(C)C=C1C.Cc1[cH-]c2ccccc2c1C.Cl.Cl.[CH3-].[CH3-].[Ge]=[Zr]. The second-order valence-electron chi connectivity index (χ2n) is 5.45. The topological polar surface area (TPSA) is 0 Å². The summed E-state index contributed by atoms with van der Waals surface area (Å²) in [6.45, 7) is 10.7. The molecular formula is C21H30Cl2GeZr-4. The van der Waals surface area contributed by atoms with Crippen molar-refractivity contribution in [1.82, 2.24) is 0 Å². The zero-order chi connectivity index (χ0) is 16.0. The van der Waals surface area contributed by atoms with Gasteiger partial charge in [-0.05, 0) is 0 Å². The molecule has 2 radical (unpaired) electrons. The van der Waals surface area contributed by atoms with Crippen molar-refractivity contribution >= 4 is 47.7 Å². The quantitative estimate of drug-likeness (QED) is 0.265. The molecule has 0 amide bonds. The van der Waals surface area contributed by atoms with Crippen molar-refractivity contribution in [3.63, 3.8) is 0 Å². The van der Waals surface area contributed by atoms with E-state index in [0.717, 1.165) is 0 Å². The van der Waals surface area contributed by atoms with Crippen LogP contribution >= 0.6 is 24.8 Å². The Balaban J connectivity index is -0.000000144. The van der Waals surface area contributed by atoms with Crippen LogP contribution in [0.5, 0.6) is 0 Å². The molecule has 0 nitrogen and oxygen atoms in total. The predicted octanol–water partition coefficient (Wildman–Crippen LogP) is 6.87. The Morgan fingerprint density at radius 2 is 1.52 bits per heavy atom. The third-order valence-corrected chi connectivity index (χ3v) is 3.86. The summed E-state index contributed by atoms with van der Waals surface area (Å²) < 4.78 is 0. The van der Waals surface area contributed by atoms with E-state index in [4.69, 9.17) is 0 Å². The first-order valence-electron chi connectivity index (χ1n) is 7.14. The Bertz CT molecular complexity index is 654. The molecule has 0 N–H and O–H groups in total. The molecule has 3 rings (SSSR count). The summed E-state index contributed by atoms with van der Waals surface area (Å²) in [5, 5.41) is 2.76. The Kier molecular flexibility index (Phi) is 21.7. The predicted molar refractivity (Wildman–Crippen MR) is 117 cm³/mol. The van der Waals surface area contributed by atoms with Crippen LogP contribution in [0.25, 0.3) is 10.8 Å². The molecule has 140 valence electrons. The van der Waals surface area contributed by atoms with Gasteiger partial charge in [0.15, 0.2) is 0 Å². The average molecular weight is 517 g/mol. The molecular weight excluding hydrogens is 487 g/mol. The molecule has 2 aromatic rings. The summed E-state index contributed by atoms with van der Waals surface area (Å²) in [7, 11) is 0. The van der Waals surface area contributed by atoms with E-state index in [2.05, 4.69) is 89.2 Å². The van der Waals surface area contributed by atoms with Gasteiger partial charge in [0.2, 0.25) is 0 Å². The maximum atomic E-state index is 3.29. The van der Waals surface area contributed by atoms with Crippen LogP contribution in [-0.2, 0) is 21.6 Å². The Morgan fingerprint density at radius 1 is 1.00 bits per heavy atom. The molecule has 25 heavy (non-hydrogen) atoms. The maximum absolute atomic E-state index is 3.29. The molecule has 2 aromatic carbocycles. The van der Waals surface area contributed by atoms with Gasteiger partial charge in [0, 0.05) is 0 Å². The molecule has 0 aliphatic heterocycles. The minimum atomic E-state index is 0. The zero-order valence-electron chi connectivity index (χ0n) is 16.4. The Morgan fingerprint density at radius 3 is 1.88 bits per heavy atom. The summed E-state index contributed by atoms with van der Waals surface area (Å²) >= 11 is 3.64. The van der Waals surface area contributed by atoms with Gasteiger partial charge in [-0.25, -0.2) is 11.1 Å². The fourth-order valence-corrected chi connectivity index (χ4v) is 2.52. The van der Waals surface area contributed by atoms with Gasteiger partial charge in [0.25, 0.3) is 0 Å². The van der Waals surface area contributed by atoms with Crippen LogP contribution in [0.1, 0.15) is 31.9 Å². The van der Waals surface area contributed by atoms with Crippen LogP contribution in [0, 0.1) is 40.7 Å². The van der Waals surface area contributed by atoms with Crippen molar-refractivity contribution in [3.05, 3.63) is 79.6 Å². The van der Waals surface area contributed by atoms with Gasteiger partial charge in [-0.3, -0.25) is 6.08 Å². The van der Waals surface area contributed by atoms with Gasteiger partial charge in [-0.15, -0.1) is 72.3 Å². The molecule has 0 aromatic heterocycles. The van der Waals surface area contributed by atoms with Gasteiger partial charge in [-0.1, -0.05) is 39.7 Å². The summed E-state index contributed by atoms with van der Waals surface area (Å²) in [4.78, 5) is 0. The van der Waals surface area contributed by atoms with Gasteiger partial charge < -0.3 is 14.9 Å². The number of aryl methyl sites for hydroxylation is 2. The van der Waals surface area contributed by atoms with Crippen LogP contribution in [0.4, 0.5) is 0 Å². The normalized spacial score (nSPS) is 13.7. The molecule has 1 atom stereocenters. The van der Waals surface area contributed by atoms with Crippen molar-refractivity contribution in [2.24, 2.45) is 5.92 Å². The van der Waals surface area contributed by atoms with Crippen molar-refractivity contribution in [2.45, 2.75) is 34.6 Å². The molecule has 1 unspecified atom stereocenters. The zero-order valence-corrected chi connectivity index (χ0v) is 22.5. The standard InChI is InChI=1S/C11H11.C8H11.2CH3.2ClH.Ge.Zr/c1-8-7-10-5-3-4-6-11(10)9(8)2;1-6-4-7(2)8(3)5-6;;;;;;/h3-7H,1-2H3;4,6H,1-3H3;2*1H3;2*1H;;/q4*-1;;;;. The van der Waals surface area contributed by atoms with Crippen molar-refractivity contribution in [1.29, 1.82) is 0 Å². The summed E-state index contributed by atoms with van der Waals surface area (Å²) in [6.07, 6.45) is 5.52. The number of halogens is 2. The van der Waals surface area contributed by atoms with E-state index in [-0.39, 0.29) is 39.7 Å². The average Bonchev–Trinajstić information content (AvgIpc) is 2.93.